The van der Waals surface area contributed by atoms with Gasteiger partial charge < -0.3 is 0 Å². The molecular weight excluding hydrogens is 234 g/mol. The minimum absolute atomic E-state index is 0.0806. The van der Waals surface area contributed by atoms with Crippen LogP contribution in [0.2, 0.25) is 0 Å². The van der Waals surface area contributed by atoms with Crippen molar-refractivity contribution in [2.45, 2.75) is 39.8 Å². The predicted octanol–water partition coefficient (Wildman–Crippen LogP) is 3.69. The lowest BCUT2D eigenvalue weighted by atomic mass is 10.0. The van der Waals surface area contributed by atoms with Crippen LogP contribution in [0.15, 0.2) is 24.3 Å². The van der Waals surface area contributed by atoms with E-state index in [1.54, 1.807) is 6.07 Å². The molecule has 1 rings (SSSR count). The molecule has 0 spiro atoms. The van der Waals surface area contributed by atoms with Crippen LogP contribution in [0.25, 0.3) is 0 Å². The van der Waals surface area contributed by atoms with E-state index in [2.05, 4.69) is 32.6 Å². The Hall–Kier alpha value is -0.860. The minimum Gasteiger partial charge on any atom is -0.294 e. The zero-order valence-corrected chi connectivity index (χ0v) is 11.7. The number of carbonyl (C=O) groups is 1. The summed E-state index contributed by atoms with van der Waals surface area (Å²) in [5.41, 5.74) is 1.68. The first-order valence-corrected chi connectivity index (χ1v) is 6.27. The molecule has 94 valence electrons. The zero-order valence-electron chi connectivity index (χ0n) is 11.0. The topological polar surface area (TPSA) is 20.3 Å². The van der Waals surface area contributed by atoms with Gasteiger partial charge >= 0.3 is 0 Å². The van der Waals surface area contributed by atoms with Crippen molar-refractivity contribution >= 4 is 16.8 Å². The van der Waals surface area contributed by atoms with Gasteiger partial charge in [-0.2, -0.15) is 0 Å². The summed E-state index contributed by atoms with van der Waals surface area (Å²) in [6.07, 6.45) is 0. The van der Waals surface area contributed by atoms with Crippen molar-refractivity contribution in [3.63, 3.8) is 0 Å². The summed E-state index contributed by atoms with van der Waals surface area (Å²) in [4.78, 5) is 13.6. The van der Waals surface area contributed by atoms with Gasteiger partial charge in [0.25, 0.3) is 5.24 Å². The van der Waals surface area contributed by atoms with Gasteiger partial charge in [0.2, 0.25) is 0 Å². The molecule has 0 saturated carbocycles. The van der Waals surface area contributed by atoms with E-state index >= 15 is 0 Å². The van der Waals surface area contributed by atoms with E-state index in [-0.39, 0.29) is 10.8 Å². The van der Waals surface area contributed by atoms with Crippen LogP contribution in [0.3, 0.4) is 0 Å². The number of hydrogen-bond donors (Lipinski definition) is 0. The average Bonchev–Trinajstić information content (AvgIpc) is 2.24. The molecule has 0 aliphatic heterocycles. The van der Waals surface area contributed by atoms with Crippen LogP contribution in [-0.2, 0) is 6.54 Å². The summed E-state index contributed by atoms with van der Waals surface area (Å²) in [5.74, 6) is 0. The number of nitrogens with zero attached hydrogens (tertiary/aromatic N) is 1. The zero-order chi connectivity index (χ0) is 13.1. The first-order chi connectivity index (χ1) is 7.86. The third-order valence-electron chi connectivity index (χ3n) is 2.92. The maximum Gasteiger partial charge on any atom is 0.252 e. The Morgan fingerprint density at radius 3 is 2.35 bits per heavy atom. The Kier molecular flexibility index (Phi) is 4.72. The fraction of sp³-hybridized carbons (Fsp3) is 0.500. The van der Waals surface area contributed by atoms with Crippen molar-refractivity contribution in [1.82, 2.24) is 4.90 Å². The normalized spacial score (nSPS) is 11.9. The number of carbonyl (C=O) groups excluding carboxylic acids is 1. The molecule has 0 bridgehead atoms. The minimum atomic E-state index is -0.384. The molecule has 0 aromatic heterocycles. The molecule has 0 atom stereocenters. The van der Waals surface area contributed by atoms with Gasteiger partial charge in [0.15, 0.2) is 0 Å². The van der Waals surface area contributed by atoms with Gasteiger partial charge in [-0.1, -0.05) is 25.1 Å². The molecular formula is C14H20ClNO. The van der Waals surface area contributed by atoms with E-state index < -0.39 is 0 Å². The highest BCUT2D eigenvalue weighted by Crippen LogP contribution is 2.20. The Labute approximate surface area is 109 Å². The van der Waals surface area contributed by atoms with Crippen LogP contribution in [0, 0.1) is 0 Å². The molecule has 0 N–H and O–H groups in total. The number of rotatable bonds is 4. The van der Waals surface area contributed by atoms with Crippen LogP contribution >= 0.6 is 11.6 Å². The highest BCUT2D eigenvalue weighted by atomic mass is 35.5. The molecule has 0 amide bonds. The Bertz CT molecular complexity index is 395. The summed E-state index contributed by atoms with van der Waals surface area (Å²) >= 11 is 5.59. The van der Waals surface area contributed by atoms with E-state index in [1.807, 2.05) is 18.2 Å². The fourth-order valence-electron chi connectivity index (χ4n) is 1.88. The largest absolute Gasteiger partial charge is 0.294 e. The monoisotopic (exact) mass is 253 g/mol. The third-order valence-corrected chi connectivity index (χ3v) is 3.12. The van der Waals surface area contributed by atoms with Crippen LogP contribution < -0.4 is 0 Å². The van der Waals surface area contributed by atoms with Crippen molar-refractivity contribution < 1.29 is 4.79 Å². The molecule has 0 aliphatic rings. The molecule has 3 heteroatoms. The highest BCUT2D eigenvalue weighted by molar-refractivity contribution is 6.67. The van der Waals surface area contributed by atoms with E-state index in [4.69, 9.17) is 11.6 Å². The van der Waals surface area contributed by atoms with Crippen LogP contribution in [0.5, 0.6) is 0 Å². The molecule has 0 saturated heterocycles. The smallest absolute Gasteiger partial charge is 0.252 e. The van der Waals surface area contributed by atoms with E-state index in [9.17, 15) is 4.79 Å². The molecule has 1 aromatic carbocycles. The second kappa shape index (κ2) is 5.65. The molecule has 0 fully saturated rings. The van der Waals surface area contributed by atoms with Crippen LogP contribution in [-0.4, -0.2) is 22.2 Å². The summed E-state index contributed by atoms with van der Waals surface area (Å²) in [5, 5.41) is -0.384. The molecule has 1 aromatic rings. The average molecular weight is 254 g/mol. The first kappa shape index (κ1) is 14.2. The lowest BCUT2D eigenvalue weighted by Crippen LogP contribution is -2.40. The first-order valence-electron chi connectivity index (χ1n) is 5.89. The van der Waals surface area contributed by atoms with E-state index in [0.29, 0.717) is 5.56 Å². The van der Waals surface area contributed by atoms with Crippen LogP contribution in [0.1, 0.15) is 43.6 Å². The molecule has 17 heavy (non-hydrogen) atoms. The van der Waals surface area contributed by atoms with Crippen molar-refractivity contribution in [3.05, 3.63) is 35.4 Å². The number of benzene rings is 1. The Morgan fingerprint density at radius 2 is 1.88 bits per heavy atom. The summed E-state index contributed by atoms with van der Waals surface area (Å²) in [6.45, 7) is 10.3. The lowest BCUT2D eigenvalue weighted by Gasteiger charge is -2.35. The van der Waals surface area contributed by atoms with Gasteiger partial charge in [-0.3, -0.25) is 9.69 Å². The maximum atomic E-state index is 11.3. The fourth-order valence-corrected chi connectivity index (χ4v) is 2.06. The predicted molar refractivity (Wildman–Crippen MR) is 72.5 cm³/mol. The van der Waals surface area contributed by atoms with E-state index in [1.165, 1.54) is 0 Å². The van der Waals surface area contributed by atoms with Crippen molar-refractivity contribution in [2.75, 3.05) is 6.54 Å². The van der Waals surface area contributed by atoms with Gasteiger partial charge in [-0.05, 0) is 50.5 Å². The second-order valence-corrected chi connectivity index (χ2v) is 5.46. The number of hydrogen-bond acceptors (Lipinski definition) is 2. The molecule has 2 nitrogen and oxygen atoms in total. The van der Waals surface area contributed by atoms with Gasteiger partial charge in [0, 0.05) is 17.6 Å². The standard InChI is InChI=1S/C14H20ClNO/c1-5-16(14(2,3)4)10-11-8-6-7-9-12(11)13(15)17/h6-9H,5,10H2,1-4H3. The maximum absolute atomic E-state index is 11.3. The van der Waals surface area contributed by atoms with Crippen molar-refractivity contribution in [1.29, 1.82) is 0 Å². The summed E-state index contributed by atoms with van der Waals surface area (Å²) in [6, 6.07) is 7.52. The Balaban J connectivity index is 2.98. The number of halogens is 1. The third kappa shape index (κ3) is 3.83. The van der Waals surface area contributed by atoms with Gasteiger partial charge in [-0.25, -0.2) is 0 Å². The van der Waals surface area contributed by atoms with Crippen molar-refractivity contribution in [2.24, 2.45) is 0 Å². The van der Waals surface area contributed by atoms with Gasteiger partial charge in [-0.15, -0.1) is 0 Å². The molecule has 0 aliphatic carbocycles. The highest BCUT2D eigenvalue weighted by Gasteiger charge is 2.21. The SMILES string of the molecule is CCN(Cc1ccccc1C(=O)Cl)C(C)(C)C. The van der Waals surface area contributed by atoms with Crippen molar-refractivity contribution in [3.8, 4) is 0 Å². The lowest BCUT2D eigenvalue weighted by molar-refractivity contribution is 0.107. The molecule has 0 radical (unpaired) electrons. The van der Waals surface area contributed by atoms with Gasteiger partial charge in [0.1, 0.15) is 0 Å². The summed E-state index contributed by atoms with van der Waals surface area (Å²) in [7, 11) is 0. The van der Waals surface area contributed by atoms with Gasteiger partial charge in [0.05, 0.1) is 0 Å². The molecule has 0 unspecified atom stereocenters. The Morgan fingerprint density at radius 1 is 1.29 bits per heavy atom. The van der Waals surface area contributed by atoms with Crippen LogP contribution in [0.4, 0.5) is 0 Å². The van der Waals surface area contributed by atoms with E-state index in [0.717, 1.165) is 18.7 Å². The molecule has 0 heterocycles. The second-order valence-electron chi connectivity index (χ2n) is 5.12. The summed E-state index contributed by atoms with van der Waals surface area (Å²) < 4.78 is 0. The quantitative estimate of drug-likeness (QED) is 0.763.